The number of nitro benzene ring substituents is 1. The third-order valence-corrected chi connectivity index (χ3v) is 2.61. The molecule has 0 heterocycles. The molecule has 1 aromatic rings. The summed E-state index contributed by atoms with van der Waals surface area (Å²) in [5, 5.41) is 10.9. The van der Waals surface area contributed by atoms with E-state index in [9.17, 15) is 10.1 Å². The summed E-state index contributed by atoms with van der Waals surface area (Å²) >= 11 is 0. The highest BCUT2D eigenvalue weighted by Crippen LogP contribution is 2.41. The van der Waals surface area contributed by atoms with Crippen LogP contribution in [-0.4, -0.2) is 4.92 Å². The summed E-state index contributed by atoms with van der Waals surface area (Å²) in [6.07, 6.45) is -0.320. The Morgan fingerprint density at radius 2 is 1.94 bits per heavy atom. The van der Waals surface area contributed by atoms with Crippen LogP contribution in [0.5, 0.6) is 0 Å². The first kappa shape index (κ1) is 13.1. The average Bonchev–Trinajstić information content (AvgIpc) is 2.17. The van der Waals surface area contributed by atoms with Crippen molar-refractivity contribution in [3.8, 4) is 0 Å². The van der Waals surface area contributed by atoms with Crippen molar-refractivity contribution in [2.45, 2.75) is 26.9 Å². The van der Waals surface area contributed by atoms with Gasteiger partial charge in [-0.15, -0.1) is 0 Å². The number of rotatable bonds is 3. The van der Waals surface area contributed by atoms with Gasteiger partial charge in [0, 0.05) is 15.5 Å². The number of nitro groups is 1. The lowest BCUT2D eigenvalue weighted by molar-refractivity contribution is -0.386. The number of hydrogen-bond acceptors (Lipinski definition) is 3. The van der Waals surface area contributed by atoms with E-state index in [4.69, 9.17) is 4.52 Å². The van der Waals surface area contributed by atoms with Crippen molar-refractivity contribution >= 4 is 15.2 Å². The monoisotopic (exact) mass is 241 g/mol. The van der Waals surface area contributed by atoms with Crippen LogP contribution in [0.15, 0.2) is 24.3 Å². The van der Waals surface area contributed by atoms with E-state index in [2.05, 4.69) is 9.47 Å². The first-order valence-electron chi connectivity index (χ1n) is 4.96. The Kier molecular flexibility index (Phi) is 4.00. The summed E-state index contributed by atoms with van der Waals surface area (Å²) < 4.78 is 5.30. The third-order valence-electron chi connectivity index (χ3n) is 2.34. The minimum Gasteiger partial charge on any atom is -0.357 e. The molecule has 0 saturated heterocycles. The van der Waals surface area contributed by atoms with Gasteiger partial charge in [0.05, 0.1) is 16.6 Å². The lowest BCUT2D eigenvalue weighted by Gasteiger charge is -2.29. The van der Waals surface area contributed by atoms with Gasteiger partial charge in [0.2, 0.25) is 0 Å². The average molecular weight is 241 g/mol. The van der Waals surface area contributed by atoms with Crippen molar-refractivity contribution in [3.05, 3.63) is 39.9 Å². The van der Waals surface area contributed by atoms with Crippen molar-refractivity contribution < 1.29 is 9.45 Å². The van der Waals surface area contributed by atoms with Crippen LogP contribution in [0, 0.1) is 15.5 Å². The molecule has 1 rings (SSSR count). The Hall–Kier alpha value is -0.990. The second-order valence-electron chi connectivity index (χ2n) is 4.70. The van der Waals surface area contributed by atoms with Gasteiger partial charge in [-0.2, -0.15) is 0 Å². The Labute approximate surface area is 97.4 Å². The Bertz CT molecular complexity index is 387. The van der Waals surface area contributed by atoms with E-state index in [1.54, 1.807) is 18.2 Å². The molecule has 16 heavy (non-hydrogen) atoms. The normalized spacial score (nSPS) is 13.5. The van der Waals surface area contributed by atoms with Gasteiger partial charge < -0.3 is 4.52 Å². The van der Waals surface area contributed by atoms with Crippen molar-refractivity contribution in [3.63, 3.8) is 0 Å². The van der Waals surface area contributed by atoms with Crippen LogP contribution in [0.3, 0.4) is 0 Å². The smallest absolute Gasteiger partial charge is 0.275 e. The van der Waals surface area contributed by atoms with E-state index >= 15 is 0 Å². The minimum atomic E-state index is -0.377. The van der Waals surface area contributed by atoms with Crippen LogP contribution in [0.1, 0.15) is 32.4 Å². The Morgan fingerprint density at radius 3 is 2.38 bits per heavy atom. The summed E-state index contributed by atoms with van der Waals surface area (Å²) in [5.41, 5.74) is 0.508. The molecule has 5 heteroatoms. The number of benzene rings is 1. The van der Waals surface area contributed by atoms with Gasteiger partial charge in [-0.05, 0) is 11.5 Å². The molecule has 88 valence electrons. The fraction of sp³-hybridized carbons (Fsp3) is 0.455. The number of nitrogens with zero attached hydrogens (tertiary/aromatic N) is 1. The Morgan fingerprint density at radius 1 is 1.38 bits per heavy atom. The van der Waals surface area contributed by atoms with Crippen molar-refractivity contribution in [2.24, 2.45) is 5.41 Å². The zero-order valence-corrected chi connectivity index (χ0v) is 10.8. The van der Waals surface area contributed by atoms with Crippen LogP contribution in [0.2, 0.25) is 0 Å². The molecule has 0 saturated carbocycles. The molecule has 0 bridgehead atoms. The summed E-state index contributed by atoms with van der Waals surface area (Å²) in [6, 6.07) is 6.67. The highest BCUT2D eigenvalue weighted by molar-refractivity contribution is 7.09. The molecular formula is C11H16NO3P. The SMILES string of the molecule is CC(C)(C)C(OP)c1ccccc1[N+](=O)[O-]. The zero-order chi connectivity index (χ0) is 12.3. The fourth-order valence-corrected chi connectivity index (χ4v) is 2.17. The summed E-state index contributed by atoms with van der Waals surface area (Å²) in [5.74, 6) is 0. The van der Waals surface area contributed by atoms with E-state index < -0.39 is 0 Å². The van der Waals surface area contributed by atoms with Crippen LogP contribution in [-0.2, 0) is 4.52 Å². The maximum atomic E-state index is 10.9. The van der Waals surface area contributed by atoms with Crippen molar-refractivity contribution in [2.75, 3.05) is 0 Å². The second kappa shape index (κ2) is 4.89. The first-order chi connectivity index (χ1) is 7.38. The molecule has 0 aromatic heterocycles. The van der Waals surface area contributed by atoms with E-state index in [-0.39, 0.29) is 22.1 Å². The molecule has 1 aromatic carbocycles. The highest BCUT2D eigenvalue weighted by atomic mass is 31.0. The number of hydrogen-bond donors (Lipinski definition) is 0. The first-order valence-corrected chi connectivity index (χ1v) is 5.44. The predicted molar refractivity (Wildman–Crippen MR) is 66.1 cm³/mol. The van der Waals surface area contributed by atoms with Gasteiger partial charge in [0.15, 0.2) is 0 Å². The molecule has 0 N–H and O–H groups in total. The maximum Gasteiger partial charge on any atom is 0.275 e. The molecule has 0 spiro atoms. The maximum absolute atomic E-state index is 10.9. The molecule has 0 radical (unpaired) electrons. The molecule has 4 nitrogen and oxygen atoms in total. The van der Waals surface area contributed by atoms with Crippen LogP contribution in [0.25, 0.3) is 0 Å². The van der Waals surface area contributed by atoms with Gasteiger partial charge in [0.1, 0.15) is 0 Å². The standard InChI is InChI=1S/C11H16NO3P/c1-11(2,3)10(15-16)8-6-4-5-7-9(8)12(13)14/h4-7,10H,16H2,1-3H3. The van der Waals surface area contributed by atoms with Crippen LogP contribution >= 0.6 is 9.47 Å². The topological polar surface area (TPSA) is 52.4 Å². The molecule has 2 unspecified atom stereocenters. The van der Waals surface area contributed by atoms with E-state index in [1.807, 2.05) is 20.8 Å². The minimum absolute atomic E-state index is 0.102. The summed E-state index contributed by atoms with van der Waals surface area (Å²) in [6.45, 7) is 5.95. The fourth-order valence-electron chi connectivity index (χ4n) is 1.62. The summed E-state index contributed by atoms with van der Waals surface area (Å²) in [4.78, 5) is 10.5. The lowest BCUT2D eigenvalue weighted by atomic mass is 9.84. The molecule has 0 aliphatic heterocycles. The van der Waals surface area contributed by atoms with Gasteiger partial charge in [-0.1, -0.05) is 32.9 Å². The van der Waals surface area contributed by atoms with Crippen LogP contribution in [0.4, 0.5) is 5.69 Å². The van der Waals surface area contributed by atoms with Crippen molar-refractivity contribution in [1.82, 2.24) is 0 Å². The quantitative estimate of drug-likeness (QED) is 0.462. The van der Waals surface area contributed by atoms with Gasteiger partial charge in [-0.3, -0.25) is 10.1 Å². The zero-order valence-electron chi connectivity index (χ0n) is 9.64. The molecule has 0 amide bonds. The Balaban J connectivity index is 3.25. The summed E-state index contributed by atoms with van der Waals surface area (Å²) in [7, 11) is 2.19. The van der Waals surface area contributed by atoms with E-state index in [0.717, 1.165) is 0 Å². The van der Waals surface area contributed by atoms with Gasteiger partial charge >= 0.3 is 0 Å². The second-order valence-corrected chi connectivity index (χ2v) is 4.97. The molecular weight excluding hydrogens is 225 g/mol. The van der Waals surface area contributed by atoms with Crippen molar-refractivity contribution in [1.29, 1.82) is 0 Å². The van der Waals surface area contributed by atoms with Gasteiger partial charge in [-0.25, -0.2) is 0 Å². The van der Waals surface area contributed by atoms with Gasteiger partial charge in [0.25, 0.3) is 5.69 Å². The van der Waals surface area contributed by atoms with Crippen LogP contribution < -0.4 is 0 Å². The molecule has 0 aliphatic carbocycles. The van der Waals surface area contributed by atoms with E-state index in [0.29, 0.717) is 5.56 Å². The third kappa shape index (κ3) is 2.77. The predicted octanol–water partition coefficient (Wildman–Crippen LogP) is 3.49. The van der Waals surface area contributed by atoms with E-state index in [1.165, 1.54) is 6.07 Å². The lowest BCUT2D eigenvalue weighted by Crippen LogP contribution is -2.19. The molecule has 0 aliphatic rings. The largest absolute Gasteiger partial charge is 0.357 e. The molecule has 2 atom stereocenters. The molecule has 0 fully saturated rings. The highest BCUT2D eigenvalue weighted by Gasteiger charge is 2.31. The number of para-hydroxylation sites is 1.